The summed E-state index contributed by atoms with van der Waals surface area (Å²) in [5, 5.41) is 2.09. The van der Waals surface area contributed by atoms with Crippen molar-refractivity contribution in [3.05, 3.63) is 56.0 Å². The molecule has 1 aromatic carbocycles. The van der Waals surface area contributed by atoms with Crippen LogP contribution in [0, 0.1) is 0 Å². The summed E-state index contributed by atoms with van der Waals surface area (Å²) in [6.07, 6.45) is 3.80. The lowest BCUT2D eigenvalue weighted by Crippen LogP contribution is -1.97. The zero-order valence-electron chi connectivity index (χ0n) is 9.84. The molecule has 0 aliphatic heterocycles. The van der Waals surface area contributed by atoms with E-state index in [0.29, 0.717) is 21.5 Å². The van der Waals surface area contributed by atoms with E-state index < -0.39 is 0 Å². The summed E-state index contributed by atoms with van der Waals surface area (Å²) in [5.74, 6) is 0. The maximum Gasteiger partial charge on any atom is 0.222 e. The molecular formula is C13H10Cl4N2. The summed E-state index contributed by atoms with van der Waals surface area (Å²) in [7, 11) is 0. The highest BCUT2D eigenvalue weighted by Crippen LogP contribution is 2.26. The van der Waals surface area contributed by atoms with Gasteiger partial charge in [-0.2, -0.15) is 0 Å². The van der Waals surface area contributed by atoms with Crippen LogP contribution in [0.25, 0.3) is 0 Å². The van der Waals surface area contributed by atoms with Gasteiger partial charge in [-0.05, 0) is 48.6 Å². The molecule has 0 radical (unpaired) electrons. The Morgan fingerprint density at radius 3 is 2.26 bits per heavy atom. The first kappa shape index (κ1) is 14.9. The molecule has 0 saturated carbocycles. The first-order valence-corrected chi connectivity index (χ1v) is 7.19. The van der Waals surface area contributed by atoms with Crippen LogP contribution >= 0.6 is 46.4 Å². The topological polar surface area (TPSA) is 25.8 Å². The Bertz CT molecular complexity index is 567. The normalized spacial score (nSPS) is 10.7. The van der Waals surface area contributed by atoms with Crippen LogP contribution in [0.2, 0.25) is 20.4 Å². The zero-order valence-corrected chi connectivity index (χ0v) is 12.9. The van der Waals surface area contributed by atoms with Crippen LogP contribution in [0.15, 0.2) is 24.4 Å². The van der Waals surface area contributed by atoms with Crippen LogP contribution in [0.5, 0.6) is 0 Å². The van der Waals surface area contributed by atoms with E-state index in [9.17, 15) is 0 Å². The molecule has 0 saturated heterocycles. The van der Waals surface area contributed by atoms with E-state index in [4.69, 9.17) is 46.4 Å². The number of benzene rings is 1. The highest BCUT2D eigenvalue weighted by Gasteiger charge is 2.08. The second kappa shape index (κ2) is 6.76. The molecule has 0 amide bonds. The Balaban J connectivity index is 2.02. The molecule has 0 bridgehead atoms. The molecule has 100 valence electrons. The molecule has 19 heavy (non-hydrogen) atoms. The summed E-state index contributed by atoms with van der Waals surface area (Å²) in [5.41, 5.74) is 1.69. The Hall–Kier alpha value is -0.540. The van der Waals surface area contributed by atoms with E-state index in [1.165, 1.54) is 6.20 Å². The summed E-state index contributed by atoms with van der Waals surface area (Å²) in [6.45, 7) is 0. The van der Waals surface area contributed by atoms with Crippen molar-refractivity contribution in [2.75, 3.05) is 0 Å². The first-order chi connectivity index (χ1) is 9.08. The van der Waals surface area contributed by atoms with Crippen molar-refractivity contribution in [1.82, 2.24) is 9.97 Å². The van der Waals surface area contributed by atoms with E-state index in [1.54, 1.807) is 0 Å². The standard InChI is InChI=1S/C13H10Cl4N2/c14-9-4-2-5-10(15)8(9)3-1-6-12-11(16)7-18-13(17)19-12/h2,4-5,7H,1,3,6H2. The third-order valence-electron chi connectivity index (χ3n) is 2.69. The molecule has 0 atom stereocenters. The van der Waals surface area contributed by atoms with Crippen LogP contribution < -0.4 is 0 Å². The molecule has 2 aromatic rings. The van der Waals surface area contributed by atoms with Crippen molar-refractivity contribution in [2.45, 2.75) is 19.3 Å². The Morgan fingerprint density at radius 2 is 1.58 bits per heavy atom. The van der Waals surface area contributed by atoms with Gasteiger partial charge in [0, 0.05) is 10.0 Å². The lowest BCUT2D eigenvalue weighted by molar-refractivity contribution is 0.795. The first-order valence-electron chi connectivity index (χ1n) is 5.67. The van der Waals surface area contributed by atoms with Crippen molar-refractivity contribution in [1.29, 1.82) is 0 Å². The monoisotopic (exact) mass is 334 g/mol. The van der Waals surface area contributed by atoms with Gasteiger partial charge >= 0.3 is 0 Å². The van der Waals surface area contributed by atoms with Gasteiger partial charge in [0.2, 0.25) is 5.28 Å². The molecule has 2 nitrogen and oxygen atoms in total. The SMILES string of the molecule is Clc1ncc(Cl)c(CCCc2c(Cl)cccc2Cl)n1. The summed E-state index contributed by atoms with van der Waals surface area (Å²) in [6, 6.07) is 5.49. The van der Waals surface area contributed by atoms with Gasteiger partial charge in [-0.25, -0.2) is 9.97 Å². The number of aryl methyl sites for hydroxylation is 1. The fraction of sp³-hybridized carbons (Fsp3) is 0.231. The van der Waals surface area contributed by atoms with Crippen molar-refractivity contribution in [2.24, 2.45) is 0 Å². The fourth-order valence-electron chi connectivity index (χ4n) is 1.76. The van der Waals surface area contributed by atoms with E-state index in [2.05, 4.69) is 9.97 Å². The summed E-state index contributed by atoms with van der Waals surface area (Å²) < 4.78 is 0. The average molecular weight is 336 g/mol. The van der Waals surface area contributed by atoms with Crippen LogP contribution in [0.1, 0.15) is 17.7 Å². The predicted molar refractivity (Wildman–Crippen MR) is 80.5 cm³/mol. The average Bonchev–Trinajstić information content (AvgIpc) is 2.37. The van der Waals surface area contributed by atoms with Crippen LogP contribution in [0.4, 0.5) is 0 Å². The van der Waals surface area contributed by atoms with Crippen LogP contribution in [0.3, 0.4) is 0 Å². The molecule has 0 fully saturated rings. The largest absolute Gasteiger partial charge is 0.225 e. The van der Waals surface area contributed by atoms with Gasteiger partial charge < -0.3 is 0 Å². The van der Waals surface area contributed by atoms with E-state index in [0.717, 1.165) is 24.1 Å². The van der Waals surface area contributed by atoms with E-state index >= 15 is 0 Å². The molecule has 0 aliphatic carbocycles. The van der Waals surface area contributed by atoms with Gasteiger partial charge in [0.15, 0.2) is 0 Å². The lowest BCUT2D eigenvalue weighted by Gasteiger charge is -2.07. The van der Waals surface area contributed by atoms with Gasteiger partial charge in [0.05, 0.1) is 16.9 Å². The van der Waals surface area contributed by atoms with Gasteiger partial charge in [-0.1, -0.05) is 40.9 Å². The molecule has 1 heterocycles. The van der Waals surface area contributed by atoms with Crippen molar-refractivity contribution >= 4 is 46.4 Å². The second-order valence-electron chi connectivity index (χ2n) is 3.99. The Morgan fingerprint density at radius 1 is 0.895 bits per heavy atom. The quantitative estimate of drug-likeness (QED) is 0.711. The molecule has 0 N–H and O–H groups in total. The number of rotatable bonds is 4. The highest BCUT2D eigenvalue weighted by molar-refractivity contribution is 6.36. The Kier molecular flexibility index (Phi) is 5.28. The number of halogens is 4. The van der Waals surface area contributed by atoms with Gasteiger partial charge in [0.25, 0.3) is 0 Å². The molecule has 1 aromatic heterocycles. The predicted octanol–water partition coefficient (Wildman–Crippen LogP) is 5.27. The highest BCUT2D eigenvalue weighted by atomic mass is 35.5. The number of nitrogens with zero attached hydrogens (tertiary/aromatic N) is 2. The van der Waals surface area contributed by atoms with Gasteiger partial charge in [-0.15, -0.1) is 0 Å². The lowest BCUT2D eigenvalue weighted by atomic mass is 10.1. The fourth-order valence-corrected chi connectivity index (χ4v) is 2.68. The third kappa shape index (κ3) is 3.96. The molecule has 0 aliphatic rings. The van der Waals surface area contributed by atoms with E-state index in [-0.39, 0.29) is 5.28 Å². The Labute approximate surface area is 131 Å². The minimum Gasteiger partial charge on any atom is -0.225 e. The molecule has 0 unspecified atom stereocenters. The molecule has 0 spiro atoms. The number of hydrogen-bond acceptors (Lipinski definition) is 2. The third-order valence-corrected chi connectivity index (χ3v) is 3.90. The van der Waals surface area contributed by atoms with Crippen molar-refractivity contribution in [3.8, 4) is 0 Å². The maximum atomic E-state index is 6.11. The van der Waals surface area contributed by atoms with Gasteiger partial charge in [-0.3, -0.25) is 0 Å². The van der Waals surface area contributed by atoms with E-state index in [1.807, 2.05) is 18.2 Å². The minimum atomic E-state index is 0.204. The van der Waals surface area contributed by atoms with Crippen LogP contribution in [-0.4, -0.2) is 9.97 Å². The van der Waals surface area contributed by atoms with Crippen molar-refractivity contribution in [3.63, 3.8) is 0 Å². The van der Waals surface area contributed by atoms with Gasteiger partial charge in [0.1, 0.15) is 0 Å². The number of aromatic nitrogens is 2. The zero-order chi connectivity index (χ0) is 13.8. The summed E-state index contributed by atoms with van der Waals surface area (Å²) in [4.78, 5) is 7.92. The molecule has 6 heteroatoms. The number of hydrogen-bond donors (Lipinski definition) is 0. The smallest absolute Gasteiger partial charge is 0.222 e. The van der Waals surface area contributed by atoms with Crippen molar-refractivity contribution < 1.29 is 0 Å². The summed E-state index contributed by atoms with van der Waals surface area (Å²) >= 11 is 24.0. The minimum absolute atomic E-state index is 0.204. The maximum absolute atomic E-state index is 6.11. The molecule has 2 rings (SSSR count). The van der Waals surface area contributed by atoms with Crippen LogP contribution in [-0.2, 0) is 12.8 Å². The second-order valence-corrected chi connectivity index (χ2v) is 5.55. The molecular weight excluding hydrogens is 326 g/mol.